The van der Waals surface area contributed by atoms with Crippen molar-refractivity contribution in [2.45, 2.75) is 25.9 Å². The molecule has 0 aromatic rings. The van der Waals surface area contributed by atoms with Crippen molar-refractivity contribution in [3.05, 3.63) is 0 Å². The van der Waals surface area contributed by atoms with Crippen LogP contribution in [0.2, 0.25) is 0 Å². The van der Waals surface area contributed by atoms with E-state index in [1.807, 2.05) is 0 Å². The van der Waals surface area contributed by atoms with Crippen LogP contribution in [0.15, 0.2) is 0 Å². The van der Waals surface area contributed by atoms with Crippen LogP contribution in [-0.2, 0) is 0 Å². The predicted molar refractivity (Wildman–Crippen MR) is 39.6 cm³/mol. The molecule has 0 aromatic carbocycles. The van der Waals surface area contributed by atoms with Gasteiger partial charge in [-0.25, -0.2) is 0 Å². The number of nitrogens with zero attached hydrogens (tertiary/aromatic N) is 1. The van der Waals surface area contributed by atoms with Crippen LogP contribution < -0.4 is 5.32 Å². The molecule has 2 heteroatoms. The van der Waals surface area contributed by atoms with Gasteiger partial charge >= 0.3 is 0 Å². The van der Waals surface area contributed by atoms with Gasteiger partial charge in [0.2, 0.25) is 0 Å². The summed E-state index contributed by atoms with van der Waals surface area (Å²) in [5.74, 6) is 0. The molecule has 1 aliphatic rings. The Hall–Kier alpha value is -0.0800. The van der Waals surface area contributed by atoms with Crippen molar-refractivity contribution in [1.82, 2.24) is 10.2 Å². The number of hydrogen-bond donors (Lipinski definition) is 1. The number of likely N-dealkylation sites (N-methyl/N-ethyl adjacent to an activating group) is 1. The van der Waals surface area contributed by atoms with Gasteiger partial charge in [-0.2, -0.15) is 0 Å². The Morgan fingerprint density at radius 3 is 2.56 bits per heavy atom. The van der Waals surface area contributed by atoms with Crippen LogP contribution >= 0.6 is 0 Å². The molecule has 1 heterocycles. The van der Waals surface area contributed by atoms with Gasteiger partial charge in [0.1, 0.15) is 0 Å². The lowest BCUT2D eigenvalue weighted by molar-refractivity contribution is 0.172. The molecule has 0 amide bonds. The Bertz CT molecular complexity index is 82.9. The van der Waals surface area contributed by atoms with Gasteiger partial charge in [-0.1, -0.05) is 0 Å². The van der Waals surface area contributed by atoms with E-state index in [1.165, 1.54) is 6.54 Å². The number of hydrogen-bond acceptors (Lipinski definition) is 2. The minimum atomic E-state index is 0.656. The predicted octanol–water partition coefficient (Wildman–Crippen LogP) is 0.298. The Balaban J connectivity index is 2.41. The summed E-state index contributed by atoms with van der Waals surface area (Å²) in [7, 11) is 2.18. The van der Waals surface area contributed by atoms with Crippen LogP contribution in [0, 0.1) is 0 Å². The molecule has 0 aliphatic carbocycles. The second-order valence-corrected chi connectivity index (χ2v) is 2.96. The van der Waals surface area contributed by atoms with Crippen molar-refractivity contribution in [1.29, 1.82) is 0 Å². The Morgan fingerprint density at radius 2 is 2.11 bits per heavy atom. The van der Waals surface area contributed by atoms with Crippen molar-refractivity contribution in [3.8, 4) is 0 Å². The summed E-state index contributed by atoms with van der Waals surface area (Å²) in [6.45, 7) is 6.82. The van der Waals surface area contributed by atoms with Gasteiger partial charge in [0, 0.05) is 25.2 Å². The molecule has 2 nitrogen and oxygen atoms in total. The molecule has 1 fully saturated rings. The van der Waals surface area contributed by atoms with Crippen molar-refractivity contribution < 1.29 is 0 Å². The van der Waals surface area contributed by atoms with Crippen LogP contribution in [0.25, 0.3) is 0 Å². The number of rotatable bonds is 0. The molecule has 0 radical (unpaired) electrons. The number of nitrogens with one attached hydrogen (secondary N) is 1. The van der Waals surface area contributed by atoms with E-state index < -0.39 is 0 Å². The maximum atomic E-state index is 3.42. The third-order valence-corrected chi connectivity index (χ3v) is 2.35. The largest absolute Gasteiger partial charge is 0.311 e. The molecular weight excluding hydrogens is 112 g/mol. The molecular formula is C7H16N2. The second-order valence-electron chi connectivity index (χ2n) is 2.96. The van der Waals surface area contributed by atoms with Gasteiger partial charge < -0.3 is 10.2 Å². The summed E-state index contributed by atoms with van der Waals surface area (Å²) < 4.78 is 0. The van der Waals surface area contributed by atoms with E-state index in [4.69, 9.17) is 0 Å². The highest BCUT2D eigenvalue weighted by Gasteiger charge is 2.19. The third-order valence-electron chi connectivity index (χ3n) is 2.35. The smallest absolute Gasteiger partial charge is 0.0215 e. The topological polar surface area (TPSA) is 15.3 Å². The van der Waals surface area contributed by atoms with Gasteiger partial charge in [0.15, 0.2) is 0 Å². The molecule has 0 aromatic heterocycles. The first-order valence-electron chi connectivity index (χ1n) is 3.65. The highest BCUT2D eigenvalue weighted by atomic mass is 15.2. The lowest BCUT2D eigenvalue weighted by Crippen LogP contribution is -2.53. The van der Waals surface area contributed by atoms with Gasteiger partial charge in [0.25, 0.3) is 0 Å². The molecule has 9 heavy (non-hydrogen) atoms. The molecule has 1 unspecified atom stereocenters. The molecule has 54 valence electrons. The van der Waals surface area contributed by atoms with E-state index in [9.17, 15) is 0 Å². The maximum Gasteiger partial charge on any atom is 0.0215 e. The average Bonchev–Trinajstić information content (AvgIpc) is 1.83. The zero-order valence-corrected chi connectivity index (χ0v) is 6.52. The van der Waals surface area contributed by atoms with Gasteiger partial charge in [0.05, 0.1) is 0 Å². The van der Waals surface area contributed by atoms with Crippen LogP contribution in [0.3, 0.4) is 0 Å². The van der Waals surface area contributed by atoms with E-state index in [-0.39, 0.29) is 0 Å². The Morgan fingerprint density at radius 1 is 1.44 bits per heavy atom. The van der Waals surface area contributed by atoms with E-state index in [0.29, 0.717) is 12.1 Å². The molecule has 1 rings (SSSR count). The minimum Gasteiger partial charge on any atom is -0.311 e. The zero-order valence-electron chi connectivity index (χ0n) is 6.52. The van der Waals surface area contributed by atoms with Gasteiger partial charge in [-0.15, -0.1) is 0 Å². The Kier molecular flexibility index (Phi) is 2.09. The first-order valence-corrected chi connectivity index (χ1v) is 3.65. The second kappa shape index (κ2) is 2.67. The lowest BCUT2D eigenvalue weighted by atomic mass is 10.1. The minimum absolute atomic E-state index is 0.656. The Labute approximate surface area is 57.2 Å². The van der Waals surface area contributed by atoms with E-state index in [1.54, 1.807) is 0 Å². The highest BCUT2D eigenvalue weighted by molar-refractivity contribution is 4.80. The molecule has 1 aliphatic heterocycles. The van der Waals surface area contributed by atoms with Gasteiger partial charge in [-0.05, 0) is 20.9 Å². The van der Waals surface area contributed by atoms with E-state index in [0.717, 1.165) is 6.54 Å². The fourth-order valence-electron chi connectivity index (χ4n) is 1.22. The molecule has 0 bridgehead atoms. The van der Waals surface area contributed by atoms with Crippen molar-refractivity contribution in [2.75, 3.05) is 20.1 Å². The summed E-state index contributed by atoms with van der Waals surface area (Å²) in [4.78, 5) is 2.39. The monoisotopic (exact) mass is 128 g/mol. The van der Waals surface area contributed by atoms with E-state index in [2.05, 4.69) is 31.1 Å². The fraction of sp³-hybridized carbons (Fsp3) is 1.00. The summed E-state index contributed by atoms with van der Waals surface area (Å²) in [6.07, 6.45) is 0. The normalized spacial score (nSPS) is 39.0. The summed E-state index contributed by atoms with van der Waals surface area (Å²) in [5.41, 5.74) is 0. The number of piperazine rings is 1. The van der Waals surface area contributed by atoms with Crippen molar-refractivity contribution in [2.24, 2.45) is 0 Å². The van der Waals surface area contributed by atoms with E-state index >= 15 is 0 Å². The first-order chi connectivity index (χ1) is 4.22. The molecule has 0 spiro atoms. The standard InChI is InChI=1S/C7H16N2/c1-6-7(2)9(3)5-4-8-6/h6-8H,4-5H2,1-3H3/t6?,7-/m1/s1. The summed E-state index contributed by atoms with van der Waals surface area (Å²) in [6, 6.07) is 1.35. The van der Waals surface area contributed by atoms with Crippen LogP contribution in [-0.4, -0.2) is 37.1 Å². The molecule has 2 atom stereocenters. The molecule has 1 N–H and O–H groups in total. The highest BCUT2D eigenvalue weighted by Crippen LogP contribution is 2.04. The zero-order chi connectivity index (χ0) is 6.85. The lowest BCUT2D eigenvalue weighted by Gasteiger charge is -2.35. The fourth-order valence-corrected chi connectivity index (χ4v) is 1.22. The first kappa shape index (κ1) is 7.03. The SMILES string of the molecule is CC1NCCN(C)[C@@H]1C. The summed E-state index contributed by atoms with van der Waals surface area (Å²) >= 11 is 0. The van der Waals surface area contributed by atoms with Crippen molar-refractivity contribution in [3.63, 3.8) is 0 Å². The van der Waals surface area contributed by atoms with Crippen LogP contribution in [0.1, 0.15) is 13.8 Å². The quantitative estimate of drug-likeness (QED) is 0.504. The van der Waals surface area contributed by atoms with Gasteiger partial charge in [-0.3, -0.25) is 0 Å². The molecule has 1 saturated heterocycles. The maximum absolute atomic E-state index is 3.42. The van der Waals surface area contributed by atoms with Crippen LogP contribution in [0.4, 0.5) is 0 Å². The average molecular weight is 128 g/mol. The van der Waals surface area contributed by atoms with Crippen molar-refractivity contribution >= 4 is 0 Å². The summed E-state index contributed by atoms with van der Waals surface area (Å²) in [5, 5.41) is 3.42. The van der Waals surface area contributed by atoms with Crippen LogP contribution in [0.5, 0.6) is 0 Å². The third kappa shape index (κ3) is 1.43. The molecule has 0 saturated carbocycles.